The molecule has 0 aliphatic rings. The van der Waals surface area contributed by atoms with E-state index in [4.69, 9.17) is 5.11 Å². The number of aliphatic carboxylic acids is 1. The second-order valence-electron chi connectivity index (χ2n) is 2.19. The molecule has 0 atom stereocenters. The SMILES string of the molecule is CCC(=O)N(C=O)CCC(=O)O. The van der Waals surface area contributed by atoms with Gasteiger partial charge in [-0.25, -0.2) is 0 Å². The number of hydrogen-bond donors (Lipinski definition) is 1. The Bertz CT molecular complexity index is 190. The Morgan fingerprint density at radius 3 is 2.42 bits per heavy atom. The van der Waals surface area contributed by atoms with Crippen LogP contribution in [-0.4, -0.2) is 34.8 Å². The van der Waals surface area contributed by atoms with Gasteiger partial charge in [-0.1, -0.05) is 6.92 Å². The van der Waals surface area contributed by atoms with Gasteiger partial charge in [0.15, 0.2) is 0 Å². The average Bonchev–Trinajstić information content (AvgIpc) is 2.04. The van der Waals surface area contributed by atoms with Crippen LogP contribution in [0.5, 0.6) is 0 Å². The number of carbonyl (C=O) groups is 3. The zero-order valence-electron chi connectivity index (χ0n) is 6.82. The highest BCUT2D eigenvalue weighted by Gasteiger charge is 2.10. The fourth-order valence-electron chi connectivity index (χ4n) is 0.655. The van der Waals surface area contributed by atoms with E-state index in [1.807, 2.05) is 0 Å². The second-order valence-corrected chi connectivity index (χ2v) is 2.19. The van der Waals surface area contributed by atoms with Gasteiger partial charge in [-0.15, -0.1) is 0 Å². The van der Waals surface area contributed by atoms with Crippen molar-refractivity contribution in [3.63, 3.8) is 0 Å². The van der Waals surface area contributed by atoms with Crippen LogP contribution in [0.3, 0.4) is 0 Å². The number of amides is 2. The fourth-order valence-corrected chi connectivity index (χ4v) is 0.655. The highest BCUT2D eigenvalue weighted by atomic mass is 16.4. The molecule has 0 saturated carbocycles. The van der Waals surface area contributed by atoms with E-state index in [0.29, 0.717) is 6.41 Å². The van der Waals surface area contributed by atoms with Gasteiger partial charge in [0.1, 0.15) is 0 Å². The number of hydrogen-bond acceptors (Lipinski definition) is 3. The van der Waals surface area contributed by atoms with E-state index >= 15 is 0 Å². The summed E-state index contributed by atoms with van der Waals surface area (Å²) in [4.78, 5) is 32.0. The van der Waals surface area contributed by atoms with Crippen LogP contribution in [0.2, 0.25) is 0 Å². The molecule has 0 aromatic carbocycles. The number of carboxylic acid groups (broad SMARTS) is 1. The van der Waals surface area contributed by atoms with Crippen LogP contribution in [0, 0.1) is 0 Å². The Morgan fingerprint density at radius 1 is 1.50 bits per heavy atom. The molecule has 0 fully saturated rings. The third-order valence-electron chi connectivity index (χ3n) is 1.32. The molecule has 0 aromatic rings. The van der Waals surface area contributed by atoms with Crippen LogP contribution in [0.1, 0.15) is 19.8 Å². The summed E-state index contributed by atoms with van der Waals surface area (Å²) in [5.74, 6) is -1.38. The first-order valence-electron chi connectivity index (χ1n) is 3.58. The monoisotopic (exact) mass is 173 g/mol. The Balaban J connectivity index is 3.91. The summed E-state index contributed by atoms with van der Waals surface area (Å²) in [5.41, 5.74) is 0. The van der Waals surface area contributed by atoms with Gasteiger partial charge in [-0.2, -0.15) is 0 Å². The quantitative estimate of drug-likeness (QED) is 0.587. The van der Waals surface area contributed by atoms with Gasteiger partial charge in [0, 0.05) is 13.0 Å². The summed E-state index contributed by atoms with van der Waals surface area (Å²) in [5, 5.41) is 8.26. The van der Waals surface area contributed by atoms with Crippen molar-refractivity contribution in [3.05, 3.63) is 0 Å². The zero-order valence-corrected chi connectivity index (χ0v) is 6.82. The lowest BCUT2D eigenvalue weighted by atomic mass is 10.3. The van der Waals surface area contributed by atoms with E-state index in [1.54, 1.807) is 6.92 Å². The van der Waals surface area contributed by atoms with Gasteiger partial charge >= 0.3 is 5.97 Å². The molecule has 1 N–H and O–H groups in total. The predicted octanol–water partition coefficient (Wildman–Crippen LogP) is -0.144. The molecule has 12 heavy (non-hydrogen) atoms. The molecule has 0 saturated heterocycles. The molecule has 0 heterocycles. The van der Waals surface area contributed by atoms with Gasteiger partial charge in [-0.3, -0.25) is 19.3 Å². The Morgan fingerprint density at radius 2 is 2.08 bits per heavy atom. The van der Waals surface area contributed by atoms with Crippen molar-refractivity contribution < 1.29 is 19.5 Å². The first-order valence-corrected chi connectivity index (χ1v) is 3.58. The van der Waals surface area contributed by atoms with Crippen LogP contribution in [0.4, 0.5) is 0 Å². The molecule has 2 amide bonds. The minimum Gasteiger partial charge on any atom is -0.481 e. The van der Waals surface area contributed by atoms with E-state index in [0.717, 1.165) is 4.90 Å². The number of nitrogens with zero attached hydrogens (tertiary/aromatic N) is 1. The van der Waals surface area contributed by atoms with E-state index in [1.165, 1.54) is 0 Å². The van der Waals surface area contributed by atoms with Crippen molar-refractivity contribution in [2.24, 2.45) is 0 Å². The van der Waals surface area contributed by atoms with Crippen LogP contribution < -0.4 is 0 Å². The molecular weight excluding hydrogens is 162 g/mol. The fraction of sp³-hybridized carbons (Fsp3) is 0.571. The first kappa shape index (κ1) is 10.6. The van der Waals surface area contributed by atoms with Crippen molar-refractivity contribution in [3.8, 4) is 0 Å². The summed E-state index contributed by atoms with van der Waals surface area (Å²) in [6, 6.07) is 0. The Labute approximate surface area is 70.0 Å². The Kier molecular flexibility index (Phi) is 4.67. The molecular formula is C7H11NO4. The molecule has 0 aliphatic carbocycles. The molecule has 68 valence electrons. The summed E-state index contributed by atoms with van der Waals surface area (Å²) in [6.45, 7) is 1.56. The average molecular weight is 173 g/mol. The van der Waals surface area contributed by atoms with Gasteiger partial charge in [0.2, 0.25) is 12.3 Å². The second kappa shape index (κ2) is 5.29. The van der Waals surface area contributed by atoms with E-state index < -0.39 is 5.97 Å². The summed E-state index contributed by atoms with van der Waals surface area (Å²) in [6.07, 6.45) is 0.359. The van der Waals surface area contributed by atoms with E-state index in [9.17, 15) is 14.4 Å². The summed E-state index contributed by atoms with van der Waals surface area (Å²) >= 11 is 0. The van der Waals surface area contributed by atoms with Gasteiger partial charge < -0.3 is 5.11 Å². The van der Waals surface area contributed by atoms with Gasteiger partial charge in [0.25, 0.3) is 0 Å². The highest BCUT2D eigenvalue weighted by molar-refractivity contribution is 5.86. The van der Waals surface area contributed by atoms with Crippen molar-refractivity contribution in [2.75, 3.05) is 6.54 Å². The van der Waals surface area contributed by atoms with Gasteiger partial charge in [-0.05, 0) is 0 Å². The molecule has 0 aliphatic heterocycles. The number of imide groups is 1. The Hall–Kier alpha value is -1.39. The topological polar surface area (TPSA) is 74.7 Å². The smallest absolute Gasteiger partial charge is 0.305 e. The van der Waals surface area contributed by atoms with Crippen molar-refractivity contribution in [2.45, 2.75) is 19.8 Å². The summed E-state index contributed by atoms with van der Waals surface area (Å²) in [7, 11) is 0. The zero-order chi connectivity index (χ0) is 9.56. The molecule has 5 heteroatoms. The largest absolute Gasteiger partial charge is 0.481 e. The van der Waals surface area contributed by atoms with Crippen molar-refractivity contribution in [1.29, 1.82) is 0 Å². The molecule has 0 bridgehead atoms. The maximum Gasteiger partial charge on any atom is 0.305 e. The number of rotatable bonds is 5. The van der Waals surface area contributed by atoms with Crippen LogP contribution in [0.15, 0.2) is 0 Å². The van der Waals surface area contributed by atoms with Gasteiger partial charge in [0.05, 0.1) is 6.42 Å². The van der Waals surface area contributed by atoms with Crippen LogP contribution in [0.25, 0.3) is 0 Å². The third-order valence-corrected chi connectivity index (χ3v) is 1.32. The number of carboxylic acids is 1. The maximum atomic E-state index is 10.9. The van der Waals surface area contributed by atoms with E-state index in [-0.39, 0.29) is 25.3 Å². The molecule has 0 rings (SSSR count). The lowest BCUT2D eigenvalue weighted by molar-refractivity contribution is -0.140. The number of carbonyl (C=O) groups excluding carboxylic acids is 2. The normalized spacial score (nSPS) is 9.08. The maximum absolute atomic E-state index is 10.9. The standard InChI is InChI=1S/C7H11NO4/c1-2-6(10)8(5-9)4-3-7(11)12/h5H,2-4H2,1H3,(H,11,12). The molecule has 0 unspecified atom stereocenters. The molecule has 0 radical (unpaired) electrons. The highest BCUT2D eigenvalue weighted by Crippen LogP contribution is 1.92. The summed E-state index contributed by atoms with van der Waals surface area (Å²) < 4.78 is 0. The minimum absolute atomic E-state index is 0.0501. The molecule has 5 nitrogen and oxygen atoms in total. The van der Waals surface area contributed by atoms with Crippen LogP contribution in [-0.2, 0) is 14.4 Å². The van der Waals surface area contributed by atoms with Crippen molar-refractivity contribution in [1.82, 2.24) is 4.90 Å². The minimum atomic E-state index is -1.02. The first-order chi connectivity index (χ1) is 5.61. The predicted molar refractivity (Wildman–Crippen MR) is 40.3 cm³/mol. The third kappa shape index (κ3) is 3.70. The lowest BCUT2D eigenvalue weighted by Crippen LogP contribution is -2.30. The van der Waals surface area contributed by atoms with Crippen LogP contribution >= 0.6 is 0 Å². The van der Waals surface area contributed by atoms with Crippen molar-refractivity contribution >= 4 is 18.3 Å². The molecule has 0 spiro atoms. The van der Waals surface area contributed by atoms with E-state index in [2.05, 4.69) is 0 Å². The lowest BCUT2D eigenvalue weighted by Gasteiger charge is -2.12. The molecule has 0 aromatic heterocycles.